The van der Waals surface area contributed by atoms with Gasteiger partial charge < -0.3 is 5.32 Å². The van der Waals surface area contributed by atoms with Gasteiger partial charge >= 0.3 is 0 Å². The molecule has 0 atom stereocenters. The van der Waals surface area contributed by atoms with Crippen molar-refractivity contribution < 1.29 is 8.42 Å². The maximum atomic E-state index is 11.4. The van der Waals surface area contributed by atoms with Crippen LogP contribution in [0.1, 0.15) is 5.56 Å². The minimum Gasteiger partial charge on any atom is -0.380 e. The van der Waals surface area contributed by atoms with Crippen LogP contribution in [-0.2, 0) is 23.6 Å². The Morgan fingerprint density at radius 2 is 2.13 bits per heavy atom. The molecule has 0 radical (unpaired) electrons. The predicted octanol–water partition coefficient (Wildman–Crippen LogP) is 1.88. The van der Waals surface area contributed by atoms with Crippen LogP contribution < -0.4 is 10.5 Å². The number of nitrogens with two attached hydrogens (primary N) is 1. The second kappa shape index (κ2) is 5.80. The fourth-order valence-electron chi connectivity index (χ4n) is 2.28. The molecule has 1 aromatic carbocycles. The van der Waals surface area contributed by atoms with Crippen molar-refractivity contribution in [2.45, 2.75) is 11.4 Å². The number of aryl methyl sites for hydroxylation is 1. The highest BCUT2D eigenvalue weighted by Crippen LogP contribution is 2.24. The van der Waals surface area contributed by atoms with Gasteiger partial charge in [0.2, 0.25) is 10.0 Å². The number of pyridine rings is 1. The molecule has 0 amide bonds. The first-order valence-electron chi connectivity index (χ1n) is 6.68. The minimum absolute atomic E-state index is 0.0820. The monoisotopic (exact) mass is 351 g/mol. The molecule has 0 aliphatic heterocycles. The SMILES string of the molecule is Cn1ncc2c(NCc3ccc(S(N)(=O)=O)c(Cl)c3)ccnc21. The Labute approximate surface area is 138 Å². The van der Waals surface area contributed by atoms with E-state index in [4.69, 9.17) is 16.7 Å². The molecule has 3 aromatic rings. The summed E-state index contributed by atoms with van der Waals surface area (Å²) in [5.74, 6) is 0. The van der Waals surface area contributed by atoms with Crippen molar-refractivity contribution in [3.63, 3.8) is 0 Å². The van der Waals surface area contributed by atoms with Gasteiger partial charge in [-0.15, -0.1) is 0 Å². The van der Waals surface area contributed by atoms with Crippen molar-refractivity contribution in [3.05, 3.63) is 47.2 Å². The topological polar surface area (TPSA) is 103 Å². The molecule has 3 N–H and O–H groups in total. The van der Waals surface area contributed by atoms with Crippen LogP contribution in [0, 0.1) is 0 Å². The van der Waals surface area contributed by atoms with Gasteiger partial charge in [-0.25, -0.2) is 18.5 Å². The zero-order valence-corrected chi connectivity index (χ0v) is 13.8. The van der Waals surface area contributed by atoms with Crippen molar-refractivity contribution in [3.8, 4) is 0 Å². The molecule has 0 aliphatic rings. The van der Waals surface area contributed by atoms with Gasteiger partial charge in [0.1, 0.15) is 4.90 Å². The molecule has 0 saturated heterocycles. The van der Waals surface area contributed by atoms with Crippen LogP contribution in [0.2, 0.25) is 5.02 Å². The van der Waals surface area contributed by atoms with Crippen LogP contribution >= 0.6 is 11.6 Å². The first-order valence-corrected chi connectivity index (χ1v) is 8.60. The first kappa shape index (κ1) is 15.7. The molecule has 0 unspecified atom stereocenters. The predicted molar refractivity (Wildman–Crippen MR) is 88.7 cm³/mol. The molecule has 0 spiro atoms. The summed E-state index contributed by atoms with van der Waals surface area (Å²) >= 11 is 5.98. The molecule has 23 heavy (non-hydrogen) atoms. The molecule has 0 saturated carbocycles. The Hall–Kier alpha value is -2.16. The van der Waals surface area contributed by atoms with E-state index in [2.05, 4.69) is 15.4 Å². The molecular formula is C14H14ClN5O2S. The van der Waals surface area contributed by atoms with E-state index in [0.717, 1.165) is 22.3 Å². The van der Waals surface area contributed by atoms with Gasteiger partial charge in [-0.1, -0.05) is 17.7 Å². The van der Waals surface area contributed by atoms with Gasteiger partial charge in [-0.05, 0) is 23.8 Å². The number of sulfonamides is 1. The molecule has 3 rings (SSSR count). The lowest BCUT2D eigenvalue weighted by molar-refractivity contribution is 0.598. The highest BCUT2D eigenvalue weighted by molar-refractivity contribution is 7.89. The number of rotatable bonds is 4. The van der Waals surface area contributed by atoms with Crippen LogP contribution in [0.15, 0.2) is 41.6 Å². The summed E-state index contributed by atoms with van der Waals surface area (Å²) in [5.41, 5.74) is 2.49. The van der Waals surface area contributed by atoms with Crippen molar-refractivity contribution in [1.82, 2.24) is 14.8 Å². The lowest BCUT2D eigenvalue weighted by Crippen LogP contribution is -2.13. The number of anilines is 1. The van der Waals surface area contributed by atoms with Gasteiger partial charge in [0, 0.05) is 25.5 Å². The molecule has 0 aliphatic carbocycles. The summed E-state index contributed by atoms with van der Waals surface area (Å²) < 4.78 is 24.4. The third-order valence-corrected chi connectivity index (χ3v) is 4.82. The lowest BCUT2D eigenvalue weighted by atomic mass is 10.2. The van der Waals surface area contributed by atoms with E-state index in [1.807, 2.05) is 13.1 Å². The Morgan fingerprint density at radius 1 is 1.35 bits per heavy atom. The third kappa shape index (κ3) is 3.14. The van der Waals surface area contributed by atoms with Gasteiger partial charge in [0.15, 0.2) is 5.65 Å². The summed E-state index contributed by atoms with van der Waals surface area (Å²) in [7, 11) is -1.99. The van der Waals surface area contributed by atoms with E-state index in [0.29, 0.717) is 6.54 Å². The summed E-state index contributed by atoms with van der Waals surface area (Å²) in [6.07, 6.45) is 3.44. The van der Waals surface area contributed by atoms with E-state index in [-0.39, 0.29) is 9.92 Å². The lowest BCUT2D eigenvalue weighted by Gasteiger charge is -2.09. The van der Waals surface area contributed by atoms with E-state index in [1.54, 1.807) is 29.2 Å². The number of primary sulfonamides is 1. The standard InChI is InChI=1S/C14H14ClN5O2S/c1-20-14-10(8-19-20)12(4-5-17-14)18-7-9-2-3-13(11(15)6-9)23(16,21)22/h2-6,8H,7H2,1H3,(H,17,18)(H2,16,21,22). The number of nitrogens with zero attached hydrogens (tertiary/aromatic N) is 3. The normalized spacial score (nSPS) is 11.8. The maximum Gasteiger partial charge on any atom is 0.239 e. The van der Waals surface area contributed by atoms with Gasteiger partial charge in [0.25, 0.3) is 0 Å². The van der Waals surface area contributed by atoms with Crippen LogP contribution in [0.4, 0.5) is 5.69 Å². The average molecular weight is 352 g/mol. The van der Waals surface area contributed by atoms with Crippen LogP contribution in [0.25, 0.3) is 11.0 Å². The van der Waals surface area contributed by atoms with Crippen LogP contribution in [0.3, 0.4) is 0 Å². The molecule has 7 nitrogen and oxygen atoms in total. The zero-order chi connectivity index (χ0) is 16.6. The third-order valence-electron chi connectivity index (χ3n) is 3.42. The Bertz CT molecular complexity index is 984. The van der Waals surface area contributed by atoms with E-state index >= 15 is 0 Å². The summed E-state index contributed by atoms with van der Waals surface area (Å²) in [6, 6.07) is 6.50. The highest BCUT2D eigenvalue weighted by Gasteiger charge is 2.13. The number of nitrogens with one attached hydrogen (secondary N) is 1. The second-order valence-corrected chi connectivity index (χ2v) is 6.96. The first-order chi connectivity index (χ1) is 10.9. The molecule has 120 valence electrons. The quantitative estimate of drug-likeness (QED) is 0.747. The second-order valence-electron chi connectivity index (χ2n) is 5.03. The fourth-order valence-corrected chi connectivity index (χ4v) is 3.40. The van der Waals surface area contributed by atoms with Gasteiger partial charge in [-0.3, -0.25) is 4.68 Å². The van der Waals surface area contributed by atoms with E-state index in [9.17, 15) is 8.42 Å². The molecular weight excluding hydrogens is 338 g/mol. The van der Waals surface area contributed by atoms with Crippen LogP contribution in [-0.4, -0.2) is 23.2 Å². The number of hydrogen-bond donors (Lipinski definition) is 2. The fraction of sp³-hybridized carbons (Fsp3) is 0.143. The molecule has 2 aromatic heterocycles. The minimum atomic E-state index is -3.82. The maximum absolute atomic E-state index is 11.4. The number of halogens is 1. The van der Waals surface area contributed by atoms with Crippen molar-refractivity contribution in [2.24, 2.45) is 12.2 Å². The number of aromatic nitrogens is 3. The molecule has 2 heterocycles. The highest BCUT2D eigenvalue weighted by atomic mass is 35.5. The Kier molecular flexibility index (Phi) is 3.97. The van der Waals surface area contributed by atoms with Crippen molar-refractivity contribution >= 4 is 38.3 Å². The Morgan fingerprint density at radius 3 is 2.83 bits per heavy atom. The molecule has 0 bridgehead atoms. The van der Waals surface area contributed by atoms with Gasteiger partial charge in [0.05, 0.1) is 16.6 Å². The van der Waals surface area contributed by atoms with Crippen molar-refractivity contribution in [1.29, 1.82) is 0 Å². The number of fused-ring (bicyclic) bond motifs is 1. The van der Waals surface area contributed by atoms with Gasteiger partial charge in [-0.2, -0.15) is 5.10 Å². The summed E-state index contributed by atoms with van der Waals surface area (Å²) in [5, 5.41) is 13.5. The number of hydrogen-bond acceptors (Lipinski definition) is 5. The van der Waals surface area contributed by atoms with E-state index < -0.39 is 10.0 Å². The molecule has 9 heteroatoms. The summed E-state index contributed by atoms with van der Waals surface area (Å²) in [4.78, 5) is 4.19. The smallest absolute Gasteiger partial charge is 0.239 e. The van der Waals surface area contributed by atoms with E-state index in [1.165, 1.54) is 6.07 Å². The Balaban J connectivity index is 1.84. The van der Waals surface area contributed by atoms with Crippen molar-refractivity contribution in [2.75, 3.05) is 5.32 Å². The summed E-state index contributed by atoms with van der Waals surface area (Å²) in [6.45, 7) is 0.471. The zero-order valence-electron chi connectivity index (χ0n) is 12.2. The number of benzene rings is 1. The average Bonchev–Trinajstić information content (AvgIpc) is 2.86. The largest absolute Gasteiger partial charge is 0.380 e. The molecule has 0 fully saturated rings. The van der Waals surface area contributed by atoms with Crippen LogP contribution in [0.5, 0.6) is 0 Å².